The summed E-state index contributed by atoms with van der Waals surface area (Å²) in [5.74, 6) is -1.81. The molecule has 202 valence electrons. The Labute approximate surface area is 233 Å². The molecule has 0 bridgehead atoms. The molecule has 1 spiro atoms. The Morgan fingerprint density at radius 1 is 0.949 bits per heavy atom. The van der Waals surface area contributed by atoms with Gasteiger partial charge in [0.05, 0.1) is 29.2 Å². The molecule has 3 amide bonds. The Balaban J connectivity index is 1.54. The first kappa shape index (κ1) is 25.9. The van der Waals surface area contributed by atoms with Crippen LogP contribution in [0.3, 0.4) is 0 Å². The molecule has 8 heteroatoms. The summed E-state index contributed by atoms with van der Waals surface area (Å²) in [4.78, 5) is 48.1. The zero-order valence-electron chi connectivity index (χ0n) is 22.4. The second-order valence-electron chi connectivity index (χ2n) is 10.9. The molecule has 2 aromatic rings. The standard InChI is InChI=1S/C31H33N3O4S/c1-19-10-7-11-20(2)26(19)33-17-9-15-31-25(24-23(39-31)14-8-16-32(3)28(24)36)29(37)34(27(31)30(33)38)22(18-35)21-12-5-4-6-13-21/h4-15,22-25,27,35H,16-18H2,1-3H3/t22-,23-,24+,25+,27?,31+/m1/s1. The second kappa shape index (κ2) is 9.68. The number of rotatable bonds is 4. The number of para-hydroxylation sites is 1. The van der Waals surface area contributed by atoms with Gasteiger partial charge >= 0.3 is 0 Å². The summed E-state index contributed by atoms with van der Waals surface area (Å²) in [7, 11) is 1.76. The Hall–Kier alpha value is -3.36. The lowest BCUT2D eigenvalue weighted by atomic mass is 9.78. The number of carbonyl (C=O) groups excluding carboxylic acids is 3. The van der Waals surface area contributed by atoms with Crippen LogP contribution in [0, 0.1) is 25.7 Å². The predicted octanol–water partition coefficient (Wildman–Crippen LogP) is 3.27. The van der Waals surface area contributed by atoms with Crippen molar-refractivity contribution in [3.05, 3.63) is 89.5 Å². The van der Waals surface area contributed by atoms with Crippen molar-refractivity contribution in [3.8, 4) is 0 Å². The van der Waals surface area contributed by atoms with E-state index >= 15 is 0 Å². The molecule has 2 fully saturated rings. The molecule has 0 aromatic heterocycles. The highest BCUT2D eigenvalue weighted by molar-refractivity contribution is 8.02. The number of likely N-dealkylation sites (tertiary alicyclic amines) is 1. The van der Waals surface area contributed by atoms with Crippen molar-refractivity contribution < 1.29 is 19.5 Å². The Morgan fingerprint density at radius 2 is 1.67 bits per heavy atom. The van der Waals surface area contributed by atoms with Crippen LogP contribution in [0.1, 0.15) is 22.7 Å². The number of hydrogen-bond donors (Lipinski definition) is 1. The fourth-order valence-electron chi connectivity index (χ4n) is 7.00. The number of aliphatic hydroxyl groups is 1. The highest BCUT2D eigenvalue weighted by Gasteiger charge is 2.71. The minimum absolute atomic E-state index is 0.0784. The van der Waals surface area contributed by atoms with Crippen molar-refractivity contribution in [2.45, 2.75) is 35.9 Å². The van der Waals surface area contributed by atoms with Crippen molar-refractivity contribution in [3.63, 3.8) is 0 Å². The normalized spacial score (nSPS) is 30.7. The van der Waals surface area contributed by atoms with Crippen LogP contribution in [0.15, 0.2) is 72.8 Å². The third-order valence-corrected chi connectivity index (χ3v) is 10.4. The number of hydrogen-bond acceptors (Lipinski definition) is 5. The minimum Gasteiger partial charge on any atom is -0.394 e. The predicted molar refractivity (Wildman–Crippen MR) is 152 cm³/mol. The number of anilines is 1. The SMILES string of the molecule is Cc1cccc(C)c1N1CC=C[C@]23S[C@@H]4C=CCN(C)C(=O)[C@@H]4[C@H]2C(=O)N([C@H](CO)c2ccccc2)C3C1=O. The van der Waals surface area contributed by atoms with Crippen molar-refractivity contribution in [1.82, 2.24) is 9.80 Å². The maximum absolute atomic E-state index is 14.8. The number of benzene rings is 2. The fraction of sp³-hybridized carbons (Fsp3) is 0.387. The number of aryl methyl sites for hydroxylation is 2. The molecule has 7 nitrogen and oxygen atoms in total. The van der Waals surface area contributed by atoms with Crippen LogP contribution in [0.2, 0.25) is 0 Å². The maximum atomic E-state index is 14.8. The maximum Gasteiger partial charge on any atom is 0.251 e. The highest BCUT2D eigenvalue weighted by atomic mass is 32.2. The van der Waals surface area contributed by atoms with Crippen LogP contribution in [0.25, 0.3) is 0 Å². The second-order valence-corrected chi connectivity index (χ2v) is 12.4. The van der Waals surface area contributed by atoms with Gasteiger partial charge in [-0.25, -0.2) is 0 Å². The quantitative estimate of drug-likeness (QED) is 0.599. The first-order valence-electron chi connectivity index (χ1n) is 13.4. The largest absolute Gasteiger partial charge is 0.394 e. The summed E-state index contributed by atoms with van der Waals surface area (Å²) in [6, 6.07) is 13.7. The monoisotopic (exact) mass is 543 g/mol. The summed E-state index contributed by atoms with van der Waals surface area (Å²) in [5.41, 5.74) is 3.55. The van der Waals surface area contributed by atoms with Crippen LogP contribution in [-0.2, 0) is 14.4 Å². The molecule has 1 unspecified atom stereocenters. The van der Waals surface area contributed by atoms with Gasteiger partial charge in [0.1, 0.15) is 6.04 Å². The van der Waals surface area contributed by atoms with Gasteiger partial charge in [-0.15, -0.1) is 11.8 Å². The van der Waals surface area contributed by atoms with Crippen LogP contribution in [-0.4, -0.2) is 75.4 Å². The first-order chi connectivity index (χ1) is 18.8. The molecule has 4 aliphatic rings. The van der Waals surface area contributed by atoms with E-state index in [0.717, 1.165) is 22.4 Å². The van der Waals surface area contributed by atoms with Gasteiger partial charge < -0.3 is 19.8 Å². The smallest absolute Gasteiger partial charge is 0.251 e. The van der Waals surface area contributed by atoms with Gasteiger partial charge in [-0.3, -0.25) is 14.4 Å². The van der Waals surface area contributed by atoms with E-state index in [1.165, 1.54) is 0 Å². The van der Waals surface area contributed by atoms with E-state index in [2.05, 4.69) is 0 Å². The van der Waals surface area contributed by atoms with Crippen LogP contribution >= 0.6 is 11.8 Å². The lowest BCUT2D eigenvalue weighted by Crippen LogP contribution is -2.54. The lowest BCUT2D eigenvalue weighted by molar-refractivity contribution is -0.144. The molecule has 6 rings (SSSR count). The fourth-order valence-corrected chi connectivity index (χ4v) is 8.99. The van der Waals surface area contributed by atoms with E-state index in [1.54, 1.807) is 33.5 Å². The first-order valence-corrected chi connectivity index (χ1v) is 14.3. The molecule has 0 aliphatic carbocycles. The highest BCUT2D eigenvalue weighted by Crippen LogP contribution is 2.62. The number of carbonyl (C=O) groups is 3. The van der Waals surface area contributed by atoms with Crippen molar-refractivity contribution in [1.29, 1.82) is 0 Å². The number of thioether (sulfide) groups is 1. The third-order valence-electron chi connectivity index (χ3n) is 8.70. The summed E-state index contributed by atoms with van der Waals surface area (Å²) < 4.78 is -0.935. The molecule has 0 saturated carbocycles. The molecule has 1 N–H and O–H groups in total. The molecule has 0 radical (unpaired) electrons. The molecule has 39 heavy (non-hydrogen) atoms. The molecule has 4 aliphatic heterocycles. The van der Waals surface area contributed by atoms with Gasteiger partial charge in [-0.1, -0.05) is 72.8 Å². The van der Waals surface area contributed by atoms with E-state index in [4.69, 9.17) is 0 Å². The summed E-state index contributed by atoms with van der Waals surface area (Å²) in [6.07, 6.45) is 8.02. The van der Waals surface area contributed by atoms with Crippen molar-refractivity contribution in [2.24, 2.45) is 11.8 Å². The van der Waals surface area contributed by atoms with E-state index in [9.17, 15) is 19.5 Å². The van der Waals surface area contributed by atoms with Gasteiger partial charge in [0.25, 0.3) is 5.91 Å². The number of aliphatic hydroxyl groups excluding tert-OH is 1. The van der Waals surface area contributed by atoms with Gasteiger partial charge in [-0.05, 0) is 30.5 Å². The summed E-state index contributed by atoms with van der Waals surface area (Å²) in [5, 5.41) is 10.5. The number of amides is 3. The number of fused-ring (bicyclic) bond motifs is 2. The topological polar surface area (TPSA) is 81.2 Å². The molecule has 2 aromatic carbocycles. The molecular weight excluding hydrogens is 510 g/mol. The van der Waals surface area contributed by atoms with Gasteiger partial charge in [0.2, 0.25) is 11.8 Å². The minimum atomic E-state index is -0.935. The van der Waals surface area contributed by atoms with Gasteiger partial charge in [0, 0.05) is 31.1 Å². The zero-order valence-corrected chi connectivity index (χ0v) is 23.2. The average molecular weight is 544 g/mol. The summed E-state index contributed by atoms with van der Waals surface area (Å²) >= 11 is 1.56. The van der Waals surface area contributed by atoms with E-state index in [1.807, 2.05) is 86.7 Å². The van der Waals surface area contributed by atoms with E-state index in [0.29, 0.717) is 13.1 Å². The van der Waals surface area contributed by atoms with Gasteiger partial charge in [-0.2, -0.15) is 0 Å². The third kappa shape index (κ3) is 3.79. The Kier molecular flexibility index (Phi) is 6.43. The molecule has 2 saturated heterocycles. The average Bonchev–Trinajstić information content (AvgIpc) is 3.25. The molecule has 4 heterocycles. The number of nitrogens with zero attached hydrogens (tertiary/aromatic N) is 3. The van der Waals surface area contributed by atoms with Crippen molar-refractivity contribution in [2.75, 3.05) is 31.6 Å². The number of likely N-dealkylation sites (N-methyl/N-ethyl adjacent to an activating group) is 1. The van der Waals surface area contributed by atoms with Crippen LogP contribution in [0.5, 0.6) is 0 Å². The lowest BCUT2D eigenvalue weighted by Gasteiger charge is -2.39. The van der Waals surface area contributed by atoms with Crippen LogP contribution < -0.4 is 4.90 Å². The van der Waals surface area contributed by atoms with E-state index < -0.39 is 28.7 Å². The Morgan fingerprint density at radius 3 is 2.36 bits per heavy atom. The zero-order chi connectivity index (χ0) is 27.5. The van der Waals surface area contributed by atoms with Gasteiger partial charge in [0.15, 0.2) is 0 Å². The molecular formula is C31H33N3O4S. The molecule has 6 atom stereocenters. The van der Waals surface area contributed by atoms with E-state index in [-0.39, 0.29) is 29.6 Å². The summed E-state index contributed by atoms with van der Waals surface area (Å²) in [6.45, 7) is 4.51. The Bertz CT molecular complexity index is 1370. The van der Waals surface area contributed by atoms with Crippen molar-refractivity contribution >= 4 is 35.2 Å². The van der Waals surface area contributed by atoms with Crippen LogP contribution in [0.4, 0.5) is 5.69 Å².